The van der Waals surface area contributed by atoms with E-state index >= 15 is 0 Å². The van der Waals surface area contributed by atoms with E-state index in [1.54, 1.807) is 10.8 Å². The summed E-state index contributed by atoms with van der Waals surface area (Å²) in [5, 5.41) is 7.81. The van der Waals surface area contributed by atoms with E-state index in [9.17, 15) is 0 Å². The molecule has 0 saturated heterocycles. The summed E-state index contributed by atoms with van der Waals surface area (Å²) in [6.07, 6.45) is 4.72. The minimum atomic E-state index is 0.295. The normalized spacial score (nSPS) is 15.1. The second kappa shape index (κ2) is 4.84. The Morgan fingerprint density at radius 1 is 1.17 bits per heavy atom. The second-order valence-electron chi connectivity index (χ2n) is 5.75. The number of fused-ring (bicyclic) bond motifs is 3. The molecular formula is C16H15N5O2. The molecule has 0 saturated carbocycles. The summed E-state index contributed by atoms with van der Waals surface area (Å²) in [5.74, 6) is 3.25. The SMILES string of the molecule is c1nc2nc3c(c(NCc4ccc5c(c4)OCO5)n2n1)CCC3. The highest BCUT2D eigenvalue weighted by Crippen LogP contribution is 2.33. The predicted molar refractivity (Wildman–Crippen MR) is 82.7 cm³/mol. The maximum absolute atomic E-state index is 5.44. The quantitative estimate of drug-likeness (QED) is 0.797. The van der Waals surface area contributed by atoms with Crippen molar-refractivity contribution in [2.24, 2.45) is 0 Å². The number of aryl methyl sites for hydroxylation is 1. The lowest BCUT2D eigenvalue weighted by atomic mass is 10.2. The first-order valence-corrected chi connectivity index (χ1v) is 7.72. The summed E-state index contributed by atoms with van der Waals surface area (Å²) in [4.78, 5) is 8.81. The van der Waals surface area contributed by atoms with Gasteiger partial charge in [-0.2, -0.15) is 14.6 Å². The van der Waals surface area contributed by atoms with Gasteiger partial charge in [0.1, 0.15) is 12.1 Å². The lowest BCUT2D eigenvalue weighted by Gasteiger charge is -2.12. The summed E-state index contributed by atoms with van der Waals surface area (Å²) < 4.78 is 12.6. The highest BCUT2D eigenvalue weighted by atomic mass is 16.7. The summed E-state index contributed by atoms with van der Waals surface area (Å²) in [7, 11) is 0. The van der Waals surface area contributed by atoms with Gasteiger partial charge in [0.2, 0.25) is 6.79 Å². The van der Waals surface area contributed by atoms with Crippen LogP contribution in [-0.4, -0.2) is 26.4 Å². The van der Waals surface area contributed by atoms with Crippen LogP contribution in [0.3, 0.4) is 0 Å². The molecule has 1 aliphatic heterocycles. The van der Waals surface area contributed by atoms with Crippen molar-refractivity contribution in [3.63, 3.8) is 0 Å². The molecule has 0 fully saturated rings. The summed E-state index contributed by atoms with van der Waals surface area (Å²) in [6.45, 7) is 0.978. The molecule has 116 valence electrons. The van der Waals surface area contributed by atoms with Crippen molar-refractivity contribution in [3.05, 3.63) is 41.3 Å². The third-order valence-electron chi connectivity index (χ3n) is 4.35. The highest BCUT2D eigenvalue weighted by molar-refractivity contribution is 5.55. The molecule has 7 nitrogen and oxygen atoms in total. The summed E-state index contributed by atoms with van der Waals surface area (Å²) in [5.41, 5.74) is 3.52. The zero-order valence-electron chi connectivity index (χ0n) is 12.5. The van der Waals surface area contributed by atoms with E-state index in [0.29, 0.717) is 19.1 Å². The van der Waals surface area contributed by atoms with Crippen LogP contribution < -0.4 is 14.8 Å². The van der Waals surface area contributed by atoms with Crippen molar-refractivity contribution in [1.29, 1.82) is 0 Å². The standard InChI is InChI=1S/C16H15N5O2/c1-2-11-12(3-1)20-16-18-8-19-21(16)15(11)17-7-10-4-5-13-14(6-10)23-9-22-13/h4-6,8,17H,1-3,7,9H2. The fourth-order valence-electron chi connectivity index (χ4n) is 3.24. The van der Waals surface area contributed by atoms with Crippen molar-refractivity contribution >= 4 is 11.6 Å². The molecule has 5 rings (SSSR count). The van der Waals surface area contributed by atoms with Gasteiger partial charge in [-0.1, -0.05) is 6.07 Å². The number of nitrogens with zero attached hydrogens (tertiary/aromatic N) is 4. The molecule has 3 aromatic rings. The van der Waals surface area contributed by atoms with Crippen molar-refractivity contribution in [2.75, 3.05) is 12.1 Å². The molecule has 1 N–H and O–H groups in total. The molecule has 3 heterocycles. The molecule has 7 heteroatoms. The first-order chi connectivity index (χ1) is 11.4. The number of hydrogen-bond acceptors (Lipinski definition) is 6. The number of anilines is 1. The maximum atomic E-state index is 5.44. The van der Waals surface area contributed by atoms with Gasteiger partial charge in [0.05, 0.1) is 5.69 Å². The van der Waals surface area contributed by atoms with Crippen LogP contribution in [-0.2, 0) is 19.4 Å². The van der Waals surface area contributed by atoms with E-state index < -0.39 is 0 Å². The Bertz CT molecular complexity index is 905. The average Bonchev–Trinajstić information content (AvgIpc) is 3.29. The number of aromatic nitrogens is 4. The maximum Gasteiger partial charge on any atom is 0.254 e. The van der Waals surface area contributed by atoms with E-state index in [-0.39, 0.29) is 0 Å². The van der Waals surface area contributed by atoms with Gasteiger partial charge in [-0.3, -0.25) is 0 Å². The van der Waals surface area contributed by atoms with Gasteiger partial charge >= 0.3 is 0 Å². The van der Waals surface area contributed by atoms with Gasteiger partial charge in [0, 0.05) is 12.1 Å². The lowest BCUT2D eigenvalue weighted by molar-refractivity contribution is 0.174. The topological polar surface area (TPSA) is 73.6 Å². The van der Waals surface area contributed by atoms with Crippen molar-refractivity contribution in [3.8, 4) is 11.5 Å². The third-order valence-corrected chi connectivity index (χ3v) is 4.35. The monoisotopic (exact) mass is 309 g/mol. The van der Waals surface area contributed by atoms with Gasteiger partial charge < -0.3 is 14.8 Å². The highest BCUT2D eigenvalue weighted by Gasteiger charge is 2.21. The third kappa shape index (κ3) is 2.00. The van der Waals surface area contributed by atoms with E-state index in [0.717, 1.165) is 47.8 Å². The minimum absolute atomic E-state index is 0.295. The van der Waals surface area contributed by atoms with Crippen LogP contribution in [0.15, 0.2) is 24.5 Å². The first-order valence-electron chi connectivity index (χ1n) is 7.72. The van der Waals surface area contributed by atoms with Crippen LogP contribution in [0.2, 0.25) is 0 Å². The van der Waals surface area contributed by atoms with Crippen molar-refractivity contribution in [1.82, 2.24) is 19.6 Å². The fourth-order valence-corrected chi connectivity index (χ4v) is 3.24. The number of ether oxygens (including phenoxy) is 2. The first kappa shape index (κ1) is 12.7. The molecule has 0 unspecified atom stereocenters. The van der Waals surface area contributed by atoms with Gasteiger partial charge in [-0.15, -0.1) is 0 Å². The van der Waals surface area contributed by atoms with E-state index in [1.807, 2.05) is 18.2 Å². The van der Waals surface area contributed by atoms with Gasteiger partial charge in [-0.05, 0) is 37.0 Å². The van der Waals surface area contributed by atoms with Crippen LogP contribution in [0.25, 0.3) is 5.78 Å². The Hall–Kier alpha value is -2.83. The number of hydrogen-bond donors (Lipinski definition) is 1. The smallest absolute Gasteiger partial charge is 0.254 e. The fraction of sp³-hybridized carbons (Fsp3) is 0.312. The Balaban J connectivity index is 1.48. The Labute approximate surface area is 132 Å². The van der Waals surface area contributed by atoms with E-state index in [1.165, 1.54) is 5.56 Å². The molecule has 0 atom stereocenters. The summed E-state index contributed by atoms with van der Waals surface area (Å²) in [6, 6.07) is 6.00. The Morgan fingerprint density at radius 3 is 3.13 bits per heavy atom. The largest absolute Gasteiger partial charge is 0.454 e. The molecule has 0 radical (unpaired) electrons. The van der Waals surface area contributed by atoms with Crippen LogP contribution in [0.1, 0.15) is 23.2 Å². The van der Waals surface area contributed by atoms with Gasteiger partial charge in [-0.25, -0.2) is 4.98 Å². The van der Waals surface area contributed by atoms with Crippen LogP contribution in [0.4, 0.5) is 5.82 Å². The number of benzene rings is 1. The zero-order valence-corrected chi connectivity index (χ0v) is 12.5. The van der Waals surface area contributed by atoms with Crippen molar-refractivity contribution < 1.29 is 9.47 Å². The number of rotatable bonds is 3. The Morgan fingerprint density at radius 2 is 2.13 bits per heavy atom. The zero-order chi connectivity index (χ0) is 15.2. The molecule has 2 aliphatic rings. The van der Waals surface area contributed by atoms with Crippen LogP contribution >= 0.6 is 0 Å². The summed E-state index contributed by atoms with van der Waals surface area (Å²) >= 11 is 0. The molecule has 1 aliphatic carbocycles. The molecular weight excluding hydrogens is 294 g/mol. The average molecular weight is 309 g/mol. The molecule has 0 spiro atoms. The van der Waals surface area contributed by atoms with Crippen molar-refractivity contribution in [2.45, 2.75) is 25.8 Å². The van der Waals surface area contributed by atoms with Gasteiger partial charge in [0.25, 0.3) is 5.78 Å². The lowest BCUT2D eigenvalue weighted by Crippen LogP contribution is -2.10. The van der Waals surface area contributed by atoms with Crippen LogP contribution in [0, 0.1) is 0 Å². The predicted octanol–water partition coefficient (Wildman–Crippen LogP) is 1.95. The second-order valence-corrected chi connectivity index (χ2v) is 5.75. The number of nitrogens with one attached hydrogen (secondary N) is 1. The van der Waals surface area contributed by atoms with E-state index in [2.05, 4.69) is 20.4 Å². The van der Waals surface area contributed by atoms with Crippen LogP contribution in [0.5, 0.6) is 11.5 Å². The Kier molecular flexibility index (Phi) is 2.67. The molecule has 1 aromatic carbocycles. The molecule has 23 heavy (non-hydrogen) atoms. The van der Waals surface area contributed by atoms with Gasteiger partial charge in [0.15, 0.2) is 11.5 Å². The van der Waals surface area contributed by atoms with E-state index in [4.69, 9.17) is 9.47 Å². The molecule has 0 bridgehead atoms. The minimum Gasteiger partial charge on any atom is -0.454 e. The molecule has 0 amide bonds. The molecule has 2 aromatic heterocycles.